The van der Waals surface area contributed by atoms with E-state index in [2.05, 4.69) is 14.5 Å². The first kappa shape index (κ1) is 19.0. The highest BCUT2D eigenvalue weighted by atomic mass is 16.5. The van der Waals surface area contributed by atoms with Gasteiger partial charge in [0.05, 0.1) is 19.1 Å². The number of rotatable bonds is 4. The molecule has 150 valence electrons. The fourth-order valence-corrected chi connectivity index (χ4v) is 4.24. The van der Waals surface area contributed by atoms with E-state index in [9.17, 15) is 9.90 Å². The molecule has 3 heterocycles. The first-order valence-electron chi connectivity index (χ1n) is 9.81. The molecule has 0 bridgehead atoms. The molecule has 2 aliphatic heterocycles. The minimum atomic E-state index is -0.0353. The number of carbonyl (C=O) groups excluding carboxylic acids is 1. The number of morpholine rings is 1. The van der Waals surface area contributed by atoms with Crippen molar-refractivity contribution in [3.8, 4) is 17.1 Å². The summed E-state index contributed by atoms with van der Waals surface area (Å²) < 4.78 is 8.22. The number of aromatic hydroxyl groups is 1. The standard InChI is InChI=1S/C21H28N4O3/c1-14-8-15(4-5-19(14)26)21-22-6-7-25(21)16-9-17-13-28-18(12-24(17)11-16)10-20(27)23(2)3/h4-8,16-18,26H,9-13H2,1-3H3/t16-,17+,18+/m1/s1. The molecule has 0 unspecified atom stereocenters. The van der Waals surface area contributed by atoms with Crippen LogP contribution in [0, 0.1) is 6.92 Å². The number of hydrogen-bond donors (Lipinski definition) is 1. The van der Waals surface area contributed by atoms with Crippen LogP contribution in [-0.4, -0.2) is 76.3 Å². The largest absolute Gasteiger partial charge is 0.508 e. The van der Waals surface area contributed by atoms with Gasteiger partial charge in [-0.2, -0.15) is 0 Å². The first-order valence-corrected chi connectivity index (χ1v) is 9.81. The maximum Gasteiger partial charge on any atom is 0.224 e. The van der Waals surface area contributed by atoms with Gasteiger partial charge in [-0.05, 0) is 37.1 Å². The van der Waals surface area contributed by atoms with Gasteiger partial charge < -0.3 is 19.3 Å². The van der Waals surface area contributed by atoms with Crippen LogP contribution in [0.3, 0.4) is 0 Å². The van der Waals surface area contributed by atoms with Crippen molar-refractivity contribution >= 4 is 5.91 Å². The van der Waals surface area contributed by atoms with Gasteiger partial charge in [0.15, 0.2) is 0 Å². The zero-order valence-corrected chi connectivity index (χ0v) is 16.7. The summed E-state index contributed by atoms with van der Waals surface area (Å²) in [6.07, 6.45) is 5.28. The van der Waals surface area contributed by atoms with E-state index in [0.29, 0.717) is 30.9 Å². The number of phenolic OH excluding ortho intramolecular Hbond substituents is 1. The lowest BCUT2D eigenvalue weighted by atomic mass is 10.1. The Morgan fingerprint density at radius 2 is 2.14 bits per heavy atom. The number of phenols is 1. The van der Waals surface area contributed by atoms with Crippen molar-refractivity contribution in [2.45, 2.75) is 38.0 Å². The van der Waals surface area contributed by atoms with Gasteiger partial charge >= 0.3 is 0 Å². The molecule has 1 N–H and O–H groups in total. The van der Waals surface area contributed by atoms with E-state index < -0.39 is 0 Å². The van der Waals surface area contributed by atoms with Gasteiger partial charge in [0.1, 0.15) is 11.6 Å². The molecule has 2 aliphatic rings. The lowest BCUT2D eigenvalue weighted by Gasteiger charge is -2.35. The van der Waals surface area contributed by atoms with Gasteiger partial charge in [-0.25, -0.2) is 4.98 Å². The summed E-state index contributed by atoms with van der Waals surface area (Å²) >= 11 is 0. The number of ether oxygens (including phenoxy) is 1. The molecule has 2 fully saturated rings. The van der Waals surface area contributed by atoms with Crippen LogP contribution in [0.15, 0.2) is 30.6 Å². The molecule has 0 spiro atoms. The van der Waals surface area contributed by atoms with Crippen molar-refractivity contribution in [2.75, 3.05) is 33.8 Å². The molecule has 0 saturated carbocycles. The maximum absolute atomic E-state index is 12.0. The van der Waals surface area contributed by atoms with E-state index in [-0.39, 0.29) is 12.0 Å². The number of hydrogen-bond acceptors (Lipinski definition) is 5. The summed E-state index contributed by atoms with van der Waals surface area (Å²) in [7, 11) is 3.57. The topological polar surface area (TPSA) is 70.8 Å². The SMILES string of the molecule is Cc1cc(-c2nccn2[C@@H]2C[C@H]3CO[C@@H](CC(=O)N(C)C)CN3C2)ccc1O. The summed E-state index contributed by atoms with van der Waals surface area (Å²) in [4.78, 5) is 20.7. The molecule has 0 radical (unpaired) electrons. The van der Waals surface area contributed by atoms with Gasteiger partial charge in [-0.3, -0.25) is 9.69 Å². The molecule has 2 saturated heterocycles. The van der Waals surface area contributed by atoms with Crippen LogP contribution in [0.1, 0.15) is 24.4 Å². The monoisotopic (exact) mass is 384 g/mol. The van der Waals surface area contributed by atoms with Crippen molar-refractivity contribution in [2.24, 2.45) is 0 Å². The third-order valence-corrected chi connectivity index (χ3v) is 5.89. The second-order valence-electron chi connectivity index (χ2n) is 8.10. The number of carbonyl (C=O) groups is 1. The van der Waals surface area contributed by atoms with Gasteiger partial charge in [-0.15, -0.1) is 0 Å². The third kappa shape index (κ3) is 3.64. The number of aryl methyl sites for hydroxylation is 1. The second-order valence-corrected chi connectivity index (χ2v) is 8.10. The Bertz CT molecular complexity index is 863. The summed E-state index contributed by atoms with van der Waals surface area (Å²) in [5, 5.41) is 9.81. The van der Waals surface area contributed by atoms with Crippen molar-refractivity contribution in [1.82, 2.24) is 19.4 Å². The van der Waals surface area contributed by atoms with Crippen LogP contribution in [0.2, 0.25) is 0 Å². The predicted octanol–water partition coefficient (Wildman–Crippen LogP) is 2.06. The van der Waals surface area contributed by atoms with E-state index in [1.807, 2.05) is 31.5 Å². The first-order chi connectivity index (χ1) is 13.4. The molecule has 7 nitrogen and oxygen atoms in total. The Morgan fingerprint density at radius 1 is 1.32 bits per heavy atom. The van der Waals surface area contributed by atoms with E-state index in [1.54, 1.807) is 25.1 Å². The van der Waals surface area contributed by atoms with E-state index in [4.69, 9.17) is 4.74 Å². The molecule has 1 amide bonds. The quantitative estimate of drug-likeness (QED) is 0.874. The lowest BCUT2D eigenvalue weighted by molar-refractivity contribution is -0.134. The highest BCUT2D eigenvalue weighted by Gasteiger charge is 2.39. The Hall–Kier alpha value is -2.38. The molecule has 0 aliphatic carbocycles. The minimum Gasteiger partial charge on any atom is -0.508 e. The van der Waals surface area contributed by atoms with Crippen LogP contribution in [0.25, 0.3) is 11.4 Å². The zero-order chi connectivity index (χ0) is 19.8. The Kier molecular flexibility index (Phi) is 5.12. The zero-order valence-electron chi connectivity index (χ0n) is 16.7. The van der Waals surface area contributed by atoms with Gasteiger partial charge in [0, 0.05) is 57.2 Å². The highest BCUT2D eigenvalue weighted by molar-refractivity contribution is 5.76. The smallest absolute Gasteiger partial charge is 0.224 e. The van der Waals surface area contributed by atoms with Crippen LogP contribution in [-0.2, 0) is 9.53 Å². The molecule has 4 rings (SSSR count). The normalized spacial score (nSPS) is 24.9. The number of benzene rings is 1. The maximum atomic E-state index is 12.0. The predicted molar refractivity (Wildman–Crippen MR) is 106 cm³/mol. The number of imidazole rings is 1. The van der Waals surface area contributed by atoms with Crippen LogP contribution in [0.4, 0.5) is 0 Å². The molecule has 3 atom stereocenters. The molecule has 1 aromatic carbocycles. The fourth-order valence-electron chi connectivity index (χ4n) is 4.24. The molecule has 28 heavy (non-hydrogen) atoms. The Morgan fingerprint density at radius 3 is 2.89 bits per heavy atom. The molecule has 1 aromatic heterocycles. The van der Waals surface area contributed by atoms with Gasteiger partial charge in [-0.1, -0.05) is 0 Å². The van der Waals surface area contributed by atoms with Gasteiger partial charge in [0.2, 0.25) is 5.91 Å². The van der Waals surface area contributed by atoms with Crippen molar-refractivity contribution in [3.05, 3.63) is 36.2 Å². The summed E-state index contributed by atoms with van der Waals surface area (Å²) in [5.41, 5.74) is 1.86. The number of amides is 1. The van der Waals surface area contributed by atoms with Crippen molar-refractivity contribution < 1.29 is 14.6 Å². The van der Waals surface area contributed by atoms with Crippen LogP contribution < -0.4 is 0 Å². The Balaban J connectivity index is 1.47. The Labute approximate surface area is 165 Å². The average molecular weight is 384 g/mol. The summed E-state index contributed by atoms with van der Waals surface area (Å²) in [6.45, 7) is 4.29. The summed E-state index contributed by atoms with van der Waals surface area (Å²) in [6, 6.07) is 6.32. The number of nitrogens with zero attached hydrogens (tertiary/aromatic N) is 4. The van der Waals surface area contributed by atoms with Gasteiger partial charge in [0.25, 0.3) is 0 Å². The number of aromatic nitrogens is 2. The van der Waals surface area contributed by atoms with Crippen LogP contribution >= 0.6 is 0 Å². The van der Waals surface area contributed by atoms with E-state index in [1.165, 1.54) is 0 Å². The van der Waals surface area contributed by atoms with Crippen LogP contribution in [0.5, 0.6) is 5.75 Å². The van der Waals surface area contributed by atoms with E-state index >= 15 is 0 Å². The second kappa shape index (κ2) is 7.56. The minimum absolute atomic E-state index is 0.0353. The number of fused-ring (bicyclic) bond motifs is 1. The van der Waals surface area contributed by atoms with Crippen molar-refractivity contribution in [3.63, 3.8) is 0 Å². The average Bonchev–Trinajstić information content (AvgIpc) is 3.30. The fraction of sp³-hybridized carbons (Fsp3) is 0.524. The highest BCUT2D eigenvalue weighted by Crippen LogP contribution is 2.34. The molecule has 2 aromatic rings. The summed E-state index contributed by atoms with van der Waals surface area (Å²) in [5.74, 6) is 1.34. The molecular formula is C21H28N4O3. The lowest BCUT2D eigenvalue weighted by Crippen LogP contribution is -2.47. The molecule has 7 heteroatoms. The molecular weight excluding hydrogens is 356 g/mol. The van der Waals surface area contributed by atoms with Crippen molar-refractivity contribution in [1.29, 1.82) is 0 Å². The van der Waals surface area contributed by atoms with E-state index in [0.717, 1.165) is 36.5 Å². The third-order valence-electron chi connectivity index (χ3n) is 5.89.